The summed E-state index contributed by atoms with van der Waals surface area (Å²) in [5, 5.41) is 2.86. The Kier molecular flexibility index (Phi) is 5.16. The van der Waals surface area contributed by atoms with Crippen molar-refractivity contribution in [3.05, 3.63) is 23.8 Å². The van der Waals surface area contributed by atoms with E-state index in [1.54, 1.807) is 18.2 Å². The molecule has 10 heteroatoms. The van der Waals surface area contributed by atoms with Crippen LogP contribution in [0.25, 0.3) is 0 Å². The third-order valence-electron chi connectivity index (χ3n) is 6.96. The highest BCUT2D eigenvalue weighted by atomic mass is 32.2. The summed E-state index contributed by atoms with van der Waals surface area (Å²) >= 11 is 0. The zero-order valence-electron chi connectivity index (χ0n) is 17.1. The van der Waals surface area contributed by atoms with Crippen LogP contribution in [0, 0.1) is 5.92 Å². The van der Waals surface area contributed by atoms with Gasteiger partial charge in [-0.25, -0.2) is 17.6 Å². The van der Waals surface area contributed by atoms with Crippen molar-refractivity contribution in [2.24, 2.45) is 5.92 Å². The van der Waals surface area contributed by atoms with E-state index in [4.69, 9.17) is 4.74 Å². The predicted octanol–water partition coefficient (Wildman–Crippen LogP) is 1.83. The number of hydrogen-bond acceptors (Lipinski definition) is 5. The quantitative estimate of drug-likeness (QED) is 0.757. The van der Waals surface area contributed by atoms with E-state index in [-0.39, 0.29) is 42.4 Å². The number of hydrogen-bond donors (Lipinski definition) is 1. The molecule has 3 fully saturated rings. The summed E-state index contributed by atoms with van der Waals surface area (Å²) in [6, 6.07) is 3.80. The number of imide groups is 1. The third-order valence-corrected chi connectivity index (χ3v) is 8.85. The molecule has 0 aromatic heterocycles. The first kappa shape index (κ1) is 20.7. The molecule has 3 heterocycles. The number of carbonyl (C=O) groups excluding carboxylic acids is 2. The maximum Gasteiger partial charge on any atom is 0.324 e. The van der Waals surface area contributed by atoms with Crippen LogP contribution in [0.2, 0.25) is 0 Å². The molecule has 3 amide bonds. The molecule has 1 aliphatic carbocycles. The Hall–Kier alpha value is -2.20. The fourth-order valence-electron chi connectivity index (χ4n) is 5.23. The highest BCUT2D eigenvalue weighted by Crippen LogP contribution is 2.34. The normalized spacial score (nSPS) is 29.8. The Balaban J connectivity index is 1.28. The molecule has 0 spiro atoms. The lowest BCUT2D eigenvalue weighted by molar-refractivity contribution is -0.140. The summed E-state index contributed by atoms with van der Waals surface area (Å²) in [7, 11) is -3.67. The zero-order valence-corrected chi connectivity index (χ0v) is 17.9. The Morgan fingerprint density at radius 2 is 1.87 bits per heavy atom. The topological polar surface area (TPSA) is 96.0 Å². The summed E-state index contributed by atoms with van der Waals surface area (Å²) in [6.45, 7) is 0.996. The van der Waals surface area contributed by atoms with E-state index in [0.29, 0.717) is 38.7 Å². The Morgan fingerprint density at radius 1 is 1.10 bits per heavy atom. The standard InChI is InChI=1S/C21H26FN3O5S/c22-14-1-3-18-17(12-14)20(26)25(21(27)23-18)15-5-8-24(9-6-15)31(28,29)16-2-4-19-13(11-16)7-10-30-19/h2,4,11,14-15,17-18H,1,3,5-10,12H2,(H,23,27). The average Bonchev–Trinajstić information content (AvgIpc) is 3.23. The van der Waals surface area contributed by atoms with Gasteiger partial charge in [-0.3, -0.25) is 9.69 Å². The van der Waals surface area contributed by atoms with Gasteiger partial charge >= 0.3 is 6.03 Å². The molecule has 1 N–H and O–H groups in total. The molecular weight excluding hydrogens is 425 g/mol. The summed E-state index contributed by atoms with van der Waals surface area (Å²) < 4.78 is 46.9. The molecule has 8 nitrogen and oxygen atoms in total. The van der Waals surface area contributed by atoms with Gasteiger partial charge in [0.05, 0.1) is 17.4 Å². The maximum absolute atomic E-state index is 13.9. The van der Waals surface area contributed by atoms with Crippen LogP contribution in [0.15, 0.2) is 23.1 Å². The second-order valence-corrected chi connectivity index (χ2v) is 10.7. The fourth-order valence-corrected chi connectivity index (χ4v) is 6.75. The van der Waals surface area contributed by atoms with Gasteiger partial charge in [0.2, 0.25) is 15.9 Å². The van der Waals surface area contributed by atoms with Crippen LogP contribution in [-0.2, 0) is 21.2 Å². The number of ether oxygens (including phenoxy) is 1. The molecule has 2 saturated heterocycles. The van der Waals surface area contributed by atoms with Crippen LogP contribution >= 0.6 is 0 Å². The van der Waals surface area contributed by atoms with Crippen molar-refractivity contribution in [3.8, 4) is 5.75 Å². The lowest BCUT2D eigenvalue weighted by atomic mass is 9.80. The van der Waals surface area contributed by atoms with Crippen molar-refractivity contribution < 1.29 is 27.1 Å². The summed E-state index contributed by atoms with van der Waals surface area (Å²) in [4.78, 5) is 27.0. The van der Waals surface area contributed by atoms with E-state index in [0.717, 1.165) is 11.3 Å². The number of carbonyl (C=O) groups is 2. The molecule has 1 aromatic rings. The predicted molar refractivity (Wildman–Crippen MR) is 109 cm³/mol. The van der Waals surface area contributed by atoms with Crippen LogP contribution in [0.1, 0.15) is 37.7 Å². The zero-order chi connectivity index (χ0) is 21.8. The summed E-state index contributed by atoms with van der Waals surface area (Å²) in [5.41, 5.74) is 0.889. The smallest absolute Gasteiger partial charge is 0.324 e. The molecule has 1 saturated carbocycles. The molecule has 4 aliphatic rings. The Labute approximate surface area is 180 Å². The van der Waals surface area contributed by atoms with Gasteiger partial charge in [0, 0.05) is 31.6 Å². The van der Waals surface area contributed by atoms with Gasteiger partial charge in [0.25, 0.3) is 0 Å². The van der Waals surface area contributed by atoms with Gasteiger partial charge in [-0.2, -0.15) is 4.31 Å². The van der Waals surface area contributed by atoms with E-state index in [2.05, 4.69) is 5.32 Å². The minimum atomic E-state index is -3.67. The van der Waals surface area contributed by atoms with Crippen molar-refractivity contribution >= 4 is 22.0 Å². The molecule has 0 bridgehead atoms. The summed E-state index contributed by atoms with van der Waals surface area (Å²) in [6.07, 6.45) is 1.36. The van der Waals surface area contributed by atoms with Gasteiger partial charge < -0.3 is 10.1 Å². The van der Waals surface area contributed by atoms with E-state index in [9.17, 15) is 22.4 Å². The molecule has 3 aliphatic heterocycles. The highest BCUT2D eigenvalue weighted by Gasteiger charge is 2.47. The molecule has 168 valence electrons. The lowest BCUT2D eigenvalue weighted by Gasteiger charge is -2.45. The average molecular weight is 452 g/mol. The largest absolute Gasteiger partial charge is 0.493 e. The number of nitrogens with one attached hydrogen (secondary N) is 1. The van der Waals surface area contributed by atoms with Crippen molar-refractivity contribution in [2.45, 2.75) is 61.7 Å². The number of halogens is 1. The highest BCUT2D eigenvalue weighted by molar-refractivity contribution is 7.89. The van der Waals surface area contributed by atoms with Crippen LogP contribution in [0.5, 0.6) is 5.75 Å². The fraction of sp³-hybridized carbons (Fsp3) is 0.619. The second kappa shape index (κ2) is 7.74. The van der Waals surface area contributed by atoms with Crippen LogP contribution in [0.3, 0.4) is 0 Å². The van der Waals surface area contributed by atoms with E-state index in [1.807, 2.05) is 0 Å². The molecular formula is C21H26FN3O5S. The third kappa shape index (κ3) is 3.59. The lowest BCUT2D eigenvalue weighted by Crippen LogP contribution is -2.65. The number of nitrogens with zero attached hydrogens (tertiary/aromatic N) is 2. The van der Waals surface area contributed by atoms with E-state index in [1.165, 1.54) is 9.21 Å². The van der Waals surface area contributed by atoms with Crippen molar-refractivity contribution in [1.82, 2.24) is 14.5 Å². The number of benzene rings is 1. The Morgan fingerprint density at radius 3 is 2.65 bits per heavy atom. The van der Waals surface area contributed by atoms with E-state index >= 15 is 0 Å². The molecule has 5 rings (SSSR count). The number of sulfonamides is 1. The number of alkyl halides is 1. The molecule has 31 heavy (non-hydrogen) atoms. The van der Waals surface area contributed by atoms with Gasteiger partial charge in [-0.05, 0) is 55.9 Å². The first-order valence-corrected chi connectivity index (χ1v) is 12.3. The van der Waals surface area contributed by atoms with Gasteiger partial charge in [-0.1, -0.05) is 0 Å². The number of amides is 3. The first-order chi connectivity index (χ1) is 14.8. The number of piperidine rings is 1. The van der Waals surface area contributed by atoms with Gasteiger partial charge in [0.15, 0.2) is 0 Å². The molecule has 1 aromatic carbocycles. The van der Waals surface area contributed by atoms with Crippen LogP contribution in [-0.4, -0.2) is 67.5 Å². The van der Waals surface area contributed by atoms with Crippen molar-refractivity contribution in [1.29, 1.82) is 0 Å². The van der Waals surface area contributed by atoms with Gasteiger partial charge in [0.1, 0.15) is 11.9 Å². The number of rotatable bonds is 3. The maximum atomic E-state index is 13.9. The van der Waals surface area contributed by atoms with Crippen LogP contribution < -0.4 is 10.1 Å². The minimum Gasteiger partial charge on any atom is -0.493 e. The monoisotopic (exact) mass is 451 g/mol. The SMILES string of the molecule is O=C1NC2CCC(F)CC2C(=O)N1C1CCN(S(=O)(=O)c2ccc3c(c2)CCO3)CC1. The molecule has 0 radical (unpaired) electrons. The number of urea groups is 1. The van der Waals surface area contributed by atoms with Crippen LogP contribution in [0.4, 0.5) is 9.18 Å². The van der Waals surface area contributed by atoms with Crippen molar-refractivity contribution in [3.63, 3.8) is 0 Å². The second-order valence-electron chi connectivity index (χ2n) is 8.78. The first-order valence-electron chi connectivity index (χ1n) is 10.9. The minimum absolute atomic E-state index is 0.134. The van der Waals surface area contributed by atoms with Crippen molar-refractivity contribution in [2.75, 3.05) is 19.7 Å². The van der Waals surface area contributed by atoms with E-state index < -0.39 is 28.1 Å². The molecule has 3 atom stereocenters. The van der Waals surface area contributed by atoms with Gasteiger partial charge in [-0.15, -0.1) is 0 Å². The Bertz CT molecular complexity index is 1010. The molecule has 3 unspecified atom stereocenters. The number of fused-ring (bicyclic) bond motifs is 2. The summed E-state index contributed by atoms with van der Waals surface area (Å²) in [5.74, 6) is -0.128.